The molecular formula is C19H22N4O3S. The van der Waals surface area contributed by atoms with Crippen molar-refractivity contribution in [2.75, 3.05) is 19.8 Å². The van der Waals surface area contributed by atoms with Gasteiger partial charge in [-0.2, -0.15) is 5.10 Å². The molecule has 3 aromatic rings. The Bertz CT molecular complexity index is 877. The quantitative estimate of drug-likeness (QED) is 0.611. The molecule has 2 aromatic heterocycles. The number of nitrogens with one attached hydrogen (secondary N) is 1. The Balaban J connectivity index is 1.57. The minimum atomic E-state index is -0.151. The maximum Gasteiger partial charge on any atom is 0.251 e. The van der Waals surface area contributed by atoms with Crippen LogP contribution in [0.4, 0.5) is 0 Å². The minimum Gasteiger partial charge on any atom is -0.490 e. The van der Waals surface area contributed by atoms with Crippen molar-refractivity contribution in [1.29, 1.82) is 0 Å². The summed E-state index contributed by atoms with van der Waals surface area (Å²) in [6, 6.07) is 7.07. The molecule has 0 radical (unpaired) electrons. The first-order valence-electron chi connectivity index (χ1n) is 8.83. The van der Waals surface area contributed by atoms with E-state index in [0.29, 0.717) is 43.2 Å². The number of thiazole rings is 1. The molecule has 3 rings (SSSR count). The van der Waals surface area contributed by atoms with Crippen molar-refractivity contribution in [3.05, 3.63) is 53.3 Å². The van der Waals surface area contributed by atoms with E-state index >= 15 is 0 Å². The van der Waals surface area contributed by atoms with Gasteiger partial charge in [-0.05, 0) is 38.1 Å². The van der Waals surface area contributed by atoms with E-state index in [2.05, 4.69) is 15.4 Å². The molecule has 2 heterocycles. The second-order valence-corrected chi connectivity index (χ2v) is 6.44. The molecule has 0 atom stereocenters. The van der Waals surface area contributed by atoms with Crippen LogP contribution < -0.4 is 14.8 Å². The highest BCUT2D eigenvalue weighted by Crippen LogP contribution is 2.28. The van der Waals surface area contributed by atoms with Crippen molar-refractivity contribution >= 4 is 17.2 Å². The smallest absolute Gasteiger partial charge is 0.251 e. The third-order valence-electron chi connectivity index (χ3n) is 3.71. The van der Waals surface area contributed by atoms with E-state index in [1.807, 2.05) is 31.5 Å². The van der Waals surface area contributed by atoms with Crippen molar-refractivity contribution < 1.29 is 14.3 Å². The third-order valence-corrected chi connectivity index (χ3v) is 4.59. The van der Waals surface area contributed by atoms with E-state index < -0.39 is 0 Å². The fourth-order valence-corrected chi connectivity index (χ4v) is 3.29. The highest BCUT2D eigenvalue weighted by molar-refractivity contribution is 7.12. The van der Waals surface area contributed by atoms with Crippen LogP contribution in [-0.2, 0) is 6.42 Å². The average Bonchev–Trinajstić information content (AvgIpc) is 3.35. The number of hydrogen-bond donors (Lipinski definition) is 1. The van der Waals surface area contributed by atoms with Crippen LogP contribution in [0.15, 0.2) is 42.0 Å². The average molecular weight is 386 g/mol. The topological polar surface area (TPSA) is 78.3 Å². The lowest BCUT2D eigenvalue weighted by Crippen LogP contribution is -2.25. The fraction of sp³-hybridized carbons (Fsp3) is 0.316. The van der Waals surface area contributed by atoms with E-state index in [-0.39, 0.29) is 5.91 Å². The molecular weight excluding hydrogens is 364 g/mol. The summed E-state index contributed by atoms with van der Waals surface area (Å²) in [4.78, 5) is 16.9. The minimum absolute atomic E-state index is 0.151. The lowest BCUT2D eigenvalue weighted by Gasteiger charge is -2.12. The van der Waals surface area contributed by atoms with Gasteiger partial charge in [-0.25, -0.2) is 9.67 Å². The van der Waals surface area contributed by atoms with Gasteiger partial charge in [0.1, 0.15) is 0 Å². The Hall–Kier alpha value is -2.87. The molecule has 7 nitrogen and oxygen atoms in total. The van der Waals surface area contributed by atoms with Gasteiger partial charge in [0, 0.05) is 36.3 Å². The van der Waals surface area contributed by atoms with Crippen LogP contribution in [0, 0.1) is 0 Å². The molecule has 142 valence electrons. The van der Waals surface area contributed by atoms with Crippen molar-refractivity contribution in [3.63, 3.8) is 0 Å². The number of hydrogen-bond acceptors (Lipinski definition) is 6. The Labute approximate surface area is 162 Å². The number of carbonyl (C=O) groups excluding carboxylic acids is 1. The number of benzene rings is 1. The Kier molecular flexibility index (Phi) is 6.43. The van der Waals surface area contributed by atoms with Crippen molar-refractivity contribution in [1.82, 2.24) is 20.1 Å². The molecule has 0 fully saturated rings. The maximum atomic E-state index is 12.4. The molecule has 0 saturated carbocycles. The molecule has 8 heteroatoms. The van der Waals surface area contributed by atoms with Crippen LogP contribution in [0.1, 0.15) is 29.9 Å². The van der Waals surface area contributed by atoms with Gasteiger partial charge in [0.25, 0.3) is 5.91 Å². The van der Waals surface area contributed by atoms with E-state index in [9.17, 15) is 4.79 Å². The van der Waals surface area contributed by atoms with Crippen LogP contribution >= 0.6 is 11.3 Å². The molecule has 0 bridgehead atoms. The number of amides is 1. The molecule has 0 aliphatic rings. The predicted molar refractivity (Wildman–Crippen MR) is 104 cm³/mol. The summed E-state index contributed by atoms with van der Waals surface area (Å²) in [6.07, 6.45) is 4.22. The fourth-order valence-electron chi connectivity index (χ4n) is 2.50. The van der Waals surface area contributed by atoms with Crippen molar-refractivity contribution in [3.8, 4) is 16.6 Å². The molecule has 0 aliphatic carbocycles. The molecule has 1 aromatic carbocycles. The van der Waals surface area contributed by atoms with Crippen LogP contribution in [0.3, 0.4) is 0 Å². The monoisotopic (exact) mass is 386 g/mol. The standard InChI is InChI=1S/C19H22N4O3S/c1-3-25-16-7-6-14(12-17(16)26-4-2)18(24)20-10-8-15-13-27-19(22-15)23-11-5-9-21-23/h5-7,9,11-13H,3-4,8,10H2,1-2H3,(H,20,24). The lowest BCUT2D eigenvalue weighted by molar-refractivity contribution is 0.0953. The molecule has 0 spiro atoms. The van der Waals surface area contributed by atoms with E-state index in [0.717, 1.165) is 10.8 Å². The summed E-state index contributed by atoms with van der Waals surface area (Å²) < 4.78 is 12.8. The van der Waals surface area contributed by atoms with Crippen LogP contribution in [-0.4, -0.2) is 40.4 Å². The van der Waals surface area contributed by atoms with Crippen molar-refractivity contribution in [2.45, 2.75) is 20.3 Å². The molecule has 0 unspecified atom stereocenters. The van der Waals surface area contributed by atoms with Gasteiger partial charge in [0.15, 0.2) is 11.5 Å². The summed E-state index contributed by atoms with van der Waals surface area (Å²) in [5, 5.41) is 9.88. The summed E-state index contributed by atoms with van der Waals surface area (Å²) in [5.41, 5.74) is 1.46. The Morgan fingerprint density at radius 1 is 1.22 bits per heavy atom. The summed E-state index contributed by atoms with van der Waals surface area (Å²) in [5.74, 6) is 1.07. The van der Waals surface area contributed by atoms with Gasteiger partial charge < -0.3 is 14.8 Å². The van der Waals surface area contributed by atoms with Gasteiger partial charge in [0.05, 0.1) is 18.9 Å². The summed E-state index contributed by atoms with van der Waals surface area (Å²) in [7, 11) is 0. The van der Waals surface area contributed by atoms with E-state index in [1.165, 1.54) is 11.3 Å². The Morgan fingerprint density at radius 3 is 2.78 bits per heavy atom. The zero-order valence-corrected chi connectivity index (χ0v) is 16.2. The van der Waals surface area contributed by atoms with Gasteiger partial charge in [0.2, 0.25) is 5.13 Å². The Morgan fingerprint density at radius 2 is 2.04 bits per heavy atom. The number of carbonyl (C=O) groups is 1. The number of nitrogens with zero attached hydrogens (tertiary/aromatic N) is 3. The second-order valence-electron chi connectivity index (χ2n) is 5.61. The second kappa shape index (κ2) is 9.18. The first-order valence-corrected chi connectivity index (χ1v) is 9.71. The molecule has 1 amide bonds. The number of aromatic nitrogens is 3. The van der Waals surface area contributed by atoms with Crippen LogP contribution in [0.2, 0.25) is 0 Å². The SMILES string of the molecule is CCOc1ccc(C(=O)NCCc2csc(-n3cccn3)n2)cc1OCC. The van der Waals surface area contributed by atoms with Crippen LogP contribution in [0.5, 0.6) is 11.5 Å². The zero-order chi connectivity index (χ0) is 19.1. The number of rotatable bonds is 9. The van der Waals surface area contributed by atoms with Gasteiger partial charge in [-0.1, -0.05) is 0 Å². The van der Waals surface area contributed by atoms with E-state index in [4.69, 9.17) is 9.47 Å². The van der Waals surface area contributed by atoms with Crippen molar-refractivity contribution in [2.24, 2.45) is 0 Å². The molecule has 27 heavy (non-hydrogen) atoms. The summed E-state index contributed by atoms with van der Waals surface area (Å²) in [6.45, 7) is 5.35. The third kappa shape index (κ3) is 4.85. The lowest BCUT2D eigenvalue weighted by atomic mass is 10.2. The summed E-state index contributed by atoms with van der Waals surface area (Å²) >= 11 is 1.52. The predicted octanol–water partition coefficient (Wildman–Crippen LogP) is 3.10. The zero-order valence-electron chi connectivity index (χ0n) is 15.3. The highest BCUT2D eigenvalue weighted by atomic mass is 32.1. The normalized spacial score (nSPS) is 10.6. The largest absolute Gasteiger partial charge is 0.490 e. The molecule has 1 N–H and O–H groups in total. The van der Waals surface area contributed by atoms with Gasteiger partial charge >= 0.3 is 0 Å². The van der Waals surface area contributed by atoms with E-state index in [1.54, 1.807) is 29.1 Å². The van der Waals surface area contributed by atoms with Crippen LogP contribution in [0.25, 0.3) is 5.13 Å². The maximum absolute atomic E-state index is 12.4. The number of ether oxygens (including phenoxy) is 2. The highest BCUT2D eigenvalue weighted by Gasteiger charge is 2.12. The first kappa shape index (κ1) is 18.9. The molecule has 0 saturated heterocycles. The molecule has 0 aliphatic heterocycles. The van der Waals surface area contributed by atoms with Gasteiger partial charge in [-0.15, -0.1) is 11.3 Å². The van der Waals surface area contributed by atoms with Gasteiger partial charge in [-0.3, -0.25) is 4.79 Å². The first-order chi connectivity index (χ1) is 13.2.